The normalized spacial score (nSPS) is 12.4. The van der Waals surface area contributed by atoms with Crippen molar-refractivity contribution in [1.82, 2.24) is 0 Å². The van der Waals surface area contributed by atoms with Crippen molar-refractivity contribution in [3.8, 4) is 0 Å². The summed E-state index contributed by atoms with van der Waals surface area (Å²) in [6.45, 7) is 5.09. The number of hydrogen-bond acceptors (Lipinski definition) is 4. The molecule has 0 unspecified atom stereocenters. The summed E-state index contributed by atoms with van der Waals surface area (Å²) in [5.74, 6) is -0.332. The zero-order valence-corrected chi connectivity index (χ0v) is 12.6. The molecular weight excluding hydrogens is 335 g/mol. The van der Waals surface area contributed by atoms with Crippen LogP contribution in [0.5, 0.6) is 0 Å². The fourth-order valence-corrected chi connectivity index (χ4v) is 1.49. The Hall–Kier alpha value is -0.400. The summed E-state index contributed by atoms with van der Waals surface area (Å²) in [6, 6.07) is 0. The first-order valence-corrected chi connectivity index (χ1v) is 6.57. The van der Waals surface area contributed by atoms with E-state index in [0.717, 1.165) is 0 Å². The minimum atomic E-state index is -0.332. The maximum atomic E-state index is 11.1. The highest BCUT2D eigenvalue weighted by atomic mass is 127. The van der Waals surface area contributed by atoms with E-state index in [1.165, 1.54) is 7.11 Å². The van der Waals surface area contributed by atoms with Crippen LogP contribution in [-0.2, 0) is 19.0 Å². The summed E-state index contributed by atoms with van der Waals surface area (Å²) in [6.07, 6.45) is 5.83. The van der Waals surface area contributed by atoms with E-state index in [1.54, 1.807) is 12.2 Å². The lowest BCUT2D eigenvalue weighted by Crippen LogP contribution is -2.16. The molecule has 0 aromatic rings. The van der Waals surface area contributed by atoms with Crippen molar-refractivity contribution in [3.05, 3.63) is 21.8 Å². The second kappa shape index (κ2) is 10.7. The van der Waals surface area contributed by atoms with Gasteiger partial charge < -0.3 is 14.2 Å². The van der Waals surface area contributed by atoms with Gasteiger partial charge in [0.2, 0.25) is 0 Å². The standard InChI is InChI=1S/C12H19IO4/c1-4-16-11(17-5-2)9-7-6-8-10(13)12(14)15-3/h6-8,11H,4-5,9H2,1-3H3/b7-6+,10-8-. The van der Waals surface area contributed by atoms with Crippen LogP contribution in [0.25, 0.3) is 0 Å². The molecule has 4 nitrogen and oxygen atoms in total. The minimum absolute atomic E-state index is 0.217. The van der Waals surface area contributed by atoms with Crippen LogP contribution in [0.2, 0.25) is 0 Å². The van der Waals surface area contributed by atoms with Gasteiger partial charge in [0.25, 0.3) is 0 Å². The van der Waals surface area contributed by atoms with Gasteiger partial charge in [-0.15, -0.1) is 0 Å². The molecule has 0 bridgehead atoms. The molecule has 0 aromatic heterocycles. The third kappa shape index (κ3) is 8.34. The first kappa shape index (κ1) is 16.6. The summed E-state index contributed by atoms with van der Waals surface area (Å²) < 4.78 is 15.8. The van der Waals surface area contributed by atoms with E-state index in [1.807, 2.05) is 42.5 Å². The van der Waals surface area contributed by atoms with Gasteiger partial charge in [0, 0.05) is 19.6 Å². The van der Waals surface area contributed by atoms with Gasteiger partial charge in [0.05, 0.1) is 10.7 Å². The zero-order chi connectivity index (χ0) is 13.1. The third-order valence-corrected chi connectivity index (χ3v) is 2.59. The number of rotatable bonds is 8. The highest BCUT2D eigenvalue weighted by Gasteiger charge is 2.05. The van der Waals surface area contributed by atoms with Gasteiger partial charge in [-0.3, -0.25) is 0 Å². The molecule has 0 aromatic carbocycles. The van der Waals surface area contributed by atoms with Gasteiger partial charge in [0.15, 0.2) is 6.29 Å². The van der Waals surface area contributed by atoms with Crippen LogP contribution < -0.4 is 0 Å². The topological polar surface area (TPSA) is 44.8 Å². The number of ether oxygens (including phenoxy) is 3. The van der Waals surface area contributed by atoms with Crippen molar-refractivity contribution in [2.45, 2.75) is 26.6 Å². The molecule has 17 heavy (non-hydrogen) atoms. The number of methoxy groups -OCH3 is 1. The van der Waals surface area contributed by atoms with Gasteiger partial charge in [-0.2, -0.15) is 0 Å². The fourth-order valence-electron chi connectivity index (χ4n) is 1.06. The van der Waals surface area contributed by atoms with Crippen LogP contribution in [-0.4, -0.2) is 32.6 Å². The number of halogens is 1. The summed E-state index contributed by atoms with van der Waals surface area (Å²) in [5, 5.41) is 0. The molecular formula is C12H19IO4. The van der Waals surface area contributed by atoms with Crippen LogP contribution >= 0.6 is 22.6 Å². The Balaban J connectivity index is 4.10. The number of esters is 1. The highest BCUT2D eigenvalue weighted by Crippen LogP contribution is 2.08. The highest BCUT2D eigenvalue weighted by molar-refractivity contribution is 14.1. The Kier molecular flexibility index (Phi) is 10.5. The average molecular weight is 354 g/mol. The molecule has 98 valence electrons. The monoisotopic (exact) mass is 354 g/mol. The van der Waals surface area contributed by atoms with Gasteiger partial charge in [0.1, 0.15) is 0 Å². The Morgan fingerprint density at radius 1 is 1.29 bits per heavy atom. The summed E-state index contributed by atoms with van der Waals surface area (Å²) in [5.41, 5.74) is 0. The average Bonchev–Trinajstić information content (AvgIpc) is 2.33. The molecule has 0 radical (unpaired) electrons. The first-order chi connectivity index (χ1) is 8.15. The van der Waals surface area contributed by atoms with Crippen molar-refractivity contribution in [2.75, 3.05) is 20.3 Å². The van der Waals surface area contributed by atoms with E-state index in [-0.39, 0.29) is 12.3 Å². The minimum Gasteiger partial charge on any atom is -0.465 e. The molecule has 0 aliphatic rings. The maximum Gasteiger partial charge on any atom is 0.344 e. The summed E-state index contributed by atoms with van der Waals surface area (Å²) in [7, 11) is 1.36. The molecule has 0 atom stereocenters. The molecule has 0 aliphatic heterocycles. The van der Waals surface area contributed by atoms with Crippen molar-refractivity contribution < 1.29 is 19.0 Å². The van der Waals surface area contributed by atoms with Gasteiger partial charge in [-0.05, 0) is 42.5 Å². The second-order valence-corrected chi connectivity index (χ2v) is 4.17. The number of carbonyl (C=O) groups excluding carboxylic acids is 1. The van der Waals surface area contributed by atoms with Gasteiger partial charge >= 0.3 is 5.97 Å². The van der Waals surface area contributed by atoms with Crippen LogP contribution in [0, 0.1) is 0 Å². The van der Waals surface area contributed by atoms with Crippen molar-refractivity contribution >= 4 is 28.6 Å². The Labute approximate surface area is 116 Å². The van der Waals surface area contributed by atoms with E-state index in [4.69, 9.17) is 9.47 Å². The number of carbonyl (C=O) groups is 1. The largest absolute Gasteiger partial charge is 0.465 e. The second-order valence-electron chi connectivity index (χ2n) is 3.01. The molecule has 0 amide bonds. The predicted octanol–water partition coefficient (Wildman–Crippen LogP) is 2.82. The Morgan fingerprint density at radius 3 is 2.35 bits per heavy atom. The molecule has 0 fully saturated rings. The van der Waals surface area contributed by atoms with E-state index < -0.39 is 0 Å². The first-order valence-electron chi connectivity index (χ1n) is 5.49. The lowest BCUT2D eigenvalue weighted by atomic mass is 10.3. The molecule has 0 rings (SSSR count). The number of allylic oxidation sites excluding steroid dienone is 2. The van der Waals surface area contributed by atoms with Crippen LogP contribution in [0.4, 0.5) is 0 Å². The predicted molar refractivity (Wildman–Crippen MR) is 74.9 cm³/mol. The number of hydrogen-bond donors (Lipinski definition) is 0. The lowest BCUT2D eigenvalue weighted by molar-refractivity contribution is -0.135. The SMILES string of the molecule is CCOC(C/C=C/C=C(\I)C(=O)OC)OCC. The van der Waals surface area contributed by atoms with E-state index >= 15 is 0 Å². The maximum absolute atomic E-state index is 11.1. The van der Waals surface area contributed by atoms with Crippen LogP contribution in [0.1, 0.15) is 20.3 Å². The fraction of sp³-hybridized carbons (Fsp3) is 0.583. The van der Waals surface area contributed by atoms with Crippen LogP contribution in [0.15, 0.2) is 21.8 Å². The lowest BCUT2D eigenvalue weighted by Gasteiger charge is -2.14. The third-order valence-electron chi connectivity index (χ3n) is 1.79. The summed E-state index contributed by atoms with van der Waals surface area (Å²) >= 11 is 1.93. The molecule has 0 heterocycles. The Morgan fingerprint density at radius 2 is 1.88 bits per heavy atom. The molecule has 5 heteroatoms. The molecule has 0 saturated heterocycles. The summed E-state index contributed by atoms with van der Waals surface area (Å²) in [4.78, 5) is 11.1. The molecule has 0 saturated carbocycles. The van der Waals surface area contributed by atoms with E-state index in [2.05, 4.69) is 4.74 Å². The van der Waals surface area contributed by atoms with Crippen molar-refractivity contribution in [3.63, 3.8) is 0 Å². The molecule has 0 aliphatic carbocycles. The van der Waals surface area contributed by atoms with Crippen molar-refractivity contribution in [2.24, 2.45) is 0 Å². The van der Waals surface area contributed by atoms with Crippen molar-refractivity contribution in [1.29, 1.82) is 0 Å². The Bertz CT molecular complexity index is 268. The molecule has 0 spiro atoms. The van der Waals surface area contributed by atoms with Crippen LogP contribution in [0.3, 0.4) is 0 Å². The van der Waals surface area contributed by atoms with E-state index in [0.29, 0.717) is 23.2 Å². The zero-order valence-electron chi connectivity index (χ0n) is 10.4. The van der Waals surface area contributed by atoms with Gasteiger partial charge in [-0.1, -0.05) is 12.2 Å². The quantitative estimate of drug-likeness (QED) is 0.221. The molecule has 0 N–H and O–H groups in total. The smallest absolute Gasteiger partial charge is 0.344 e. The van der Waals surface area contributed by atoms with Gasteiger partial charge in [-0.25, -0.2) is 4.79 Å². The van der Waals surface area contributed by atoms with E-state index in [9.17, 15) is 4.79 Å².